The summed E-state index contributed by atoms with van der Waals surface area (Å²) in [6.45, 7) is 0.530. The average Bonchev–Trinajstić information content (AvgIpc) is 2.38. The molecule has 0 fully saturated rings. The number of carbonyl (C=O) groups is 1. The van der Waals surface area contributed by atoms with Crippen LogP contribution in [0.5, 0.6) is 0 Å². The third kappa shape index (κ3) is 6.47. The van der Waals surface area contributed by atoms with Gasteiger partial charge in [-0.3, -0.25) is 0 Å². The van der Waals surface area contributed by atoms with Crippen molar-refractivity contribution in [3.8, 4) is 0 Å². The molecule has 0 atom stereocenters. The van der Waals surface area contributed by atoms with Crippen molar-refractivity contribution >= 4 is 21.9 Å². The van der Waals surface area contributed by atoms with E-state index in [0.717, 1.165) is 18.2 Å². The van der Waals surface area contributed by atoms with Crippen molar-refractivity contribution in [2.75, 3.05) is 11.9 Å². The minimum absolute atomic E-state index is 0.217. The first-order valence-electron chi connectivity index (χ1n) is 6.12. The van der Waals surface area contributed by atoms with Crippen molar-refractivity contribution in [2.45, 2.75) is 32.1 Å². The van der Waals surface area contributed by atoms with E-state index in [0.29, 0.717) is 12.2 Å². The highest BCUT2D eigenvalue weighted by Crippen LogP contribution is 2.06. The second-order valence-electron chi connectivity index (χ2n) is 3.96. The van der Waals surface area contributed by atoms with Crippen molar-refractivity contribution in [1.29, 1.82) is 0 Å². The molecule has 0 saturated carbocycles. The van der Waals surface area contributed by atoms with Crippen molar-refractivity contribution < 1.29 is 9.53 Å². The van der Waals surface area contributed by atoms with Crippen molar-refractivity contribution in [3.05, 3.63) is 35.9 Å². The Morgan fingerprint density at radius 1 is 1.00 bits per heavy atom. The molecule has 0 aliphatic heterocycles. The molecule has 0 saturated heterocycles. The van der Waals surface area contributed by atoms with E-state index in [1.165, 1.54) is 19.3 Å². The molecule has 0 spiro atoms. The van der Waals surface area contributed by atoms with Crippen LogP contribution in [0.1, 0.15) is 42.5 Å². The van der Waals surface area contributed by atoms with E-state index >= 15 is 0 Å². The SMILES string of the molecule is O=C(OCCCCCCCBr)c1ccccc1. The van der Waals surface area contributed by atoms with Crippen LogP contribution in [0.2, 0.25) is 0 Å². The standard InChI is InChI=1S/C14H19BrO2/c15-11-7-2-1-3-8-12-17-14(16)13-9-5-4-6-10-13/h4-6,9-10H,1-3,7-8,11-12H2. The molecule has 0 aliphatic rings. The molecule has 0 radical (unpaired) electrons. The van der Waals surface area contributed by atoms with Gasteiger partial charge in [0.05, 0.1) is 12.2 Å². The van der Waals surface area contributed by atoms with E-state index in [9.17, 15) is 4.79 Å². The highest BCUT2D eigenvalue weighted by atomic mass is 79.9. The first-order chi connectivity index (χ1) is 8.34. The van der Waals surface area contributed by atoms with Crippen molar-refractivity contribution in [3.63, 3.8) is 0 Å². The highest BCUT2D eigenvalue weighted by molar-refractivity contribution is 9.09. The van der Waals surface area contributed by atoms with Gasteiger partial charge in [0.25, 0.3) is 0 Å². The Hall–Kier alpha value is -0.830. The lowest BCUT2D eigenvalue weighted by molar-refractivity contribution is 0.0497. The second-order valence-corrected chi connectivity index (χ2v) is 4.75. The summed E-state index contributed by atoms with van der Waals surface area (Å²) in [7, 11) is 0. The lowest BCUT2D eigenvalue weighted by atomic mass is 10.2. The number of benzene rings is 1. The molecule has 1 rings (SSSR count). The Morgan fingerprint density at radius 3 is 2.35 bits per heavy atom. The molecular formula is C14H19BrO2. The van der Waals surface area contributed by atoms with E-state index in [2.05, 4.69) is 15.9 Å². The average molecular weight is 299 g/mol. The van der Waals surface area contributed by atoms with Gasteiger partial charge >= 0.3 is 5.97 Å². The number of alkyl halides is 1. The third-order valence-electron chi connectivity index (χ3n) is 2.52. The zero-order valence-corrected chi connectivity index (χ0v) is 11.6. The lowest BCUT2D eigenvalue weighted by Gasteiger charge is -2.04. The second kappa shape index (κ2) is 9.23. The van der Waals surface area contributed by atoms with E-state index in [-0.39, 0.29) is 5.97 Å². The number of halogens is 1. The number of carbonyl (C=O) groups excluding carboxylic acids is 1. The normalized spacial score (nSPS) is 10.2. The Balaban J connectivity index is 2.05. The predicted octanol–water partition coefficient (Wildman–Crippen LogP) is 4.19. The number of ether oxygens (including phenoxy) is 1. The molecular weight excluding hydrogens is 280 g/mol. The third-order valence-corrected chi connectivity index (χ3v) is 3.08. The maximum atomic E-state index is 11.6. The van der Waals surface area contributed by atoms with E-state index in [1.807, 2.05) is 18.2 Å². The molecule has 3 heteroatoms. The Kier molecular flexibility index (Phi) is 7.72. The van der Waals surface area contributed by atoms with Crippen LogP contribution in [0.4, 0.5) is 0 Å². The highest BCUT2D eigenvalue weighted by Gasteiger charge is 2.04. The minimum Gasteiger partial charge on any atom is -0.462 e. The summed E-state index contributed by atoms with van der Waals surface area (Å²) in [6.07, 6.45) is 5.78. The summed E-state index contributed by atoms with van der Waals surface area (Å²) in [5, 5.41) is 1.08. The monoisotopic (exact) mass is 298 g/mol. The summed E-state index contributed by atoms with van der Waals surface area (Å²) in [5.41, 5.74) is 0.631. The molecule has 0 aliphatic carbocycles. The van der Waals surface area contributed by atoms with Crippen LogP contribution in [0.25, 0.3) is 0 Å². The molecule has 0 aromatic heterocycles. The van der Waals surface area contributed by atoms with Crippen LogP contribution < -0.4 is 0 Å². The van der Waals surface area contributed by atoms with Gasteiger partial charge in [0, 0.05) is 5.33 Å². The minimum atomic E-state index is -0.217. The fraction of sp³-hybridized carbons (Fsp3) is 0.500. The van der Waals surface area contributed by atoms with Gasteiger partial charge in [0.2, 0.25) is 0 Å². The summed E-state index contributed by atoms with van der Waals surface area (Å²) in [4.78, 5) is 11.6. The van der Waals surface area contributed by atoms with Gasteiger partial charge in [0.1, 0.15) is 0 Å². The number of rotatable bonds is 8. The van der Waals surface area contributed by atoms with Gasteiger partial charge in [0.15, 0.2) is 0 Å². The Labute approximate surface area is 111 Å². The summed E-state index contributed by atoms with van der Waals surface area (Å²) >= 11 is 3.41. The maximum absolute atomic E-state index is 11.6. The first kappa shape index (κ1) is 14.2. The Morgan fingerprint density at radius 2 is 1.65 bits per heavy atom. The molecule has 0 amide bonds. The zero-order chi connectivity index (χ0) is 12.3. The van der Waals surface area contributed by atoms with Gasteiger partial charge < -0.3 is 4.74 Å². The zero-order valence-electron chi connectivity index (χ0n) is 10.0. The molecule has 2 nitrogen and oxygen atoms in total. The van der Waals surface area contributed by atoms with Gasteiger partial charge in [-0.1, -0.05) is 53.4 Å². The molecule has 17 heavy (non-hydrogen) atoms. The van der Waals surface area contributed by atoms with E-state index in [1.54, 1.807) is 12.1 Å². The molecule has 1 aromatic carbocycles. The van der Waals surface area contributed by atoms with Crippen LogP contribution in [0.15, 0.2) is 30.3 Å². The van der Waals surface area contributed by atoms with Crippen LogP contribution in [0.3, 0.4) is 0 Å². The van der Waals surface area contributed by atoms with E-state index < -0.39 is 0 Å². The van der Waals surface area contributed by atoms with Crippen LogP contribution in [-0.4, -0.2) is 17.9 Å². The lowest BCUT2D eigenvalue weighted by Crippen LogP contribution is -2.06. The predicted molar refractivity (Wildman–Crippen MR) is 73.6 cm³/mol. The molecule has 1 aromatic rings. The van der Waals surface area contributed by atoms with Crippen molar-refractivity contribution in [2.24, 2.45) is 0 Å². The largest absolute Gasteiger partial charge is 0.462 e. The smallest absolute Gasteiger partial charge is 0.338 e. The topological polar surface area (TPSA) is 26.3 Å². The number of esters is 1. The molecule has 0 N–H and O–H groups in total. The van der Waals surface area contributed by atoms with E-state index in [4.69, 9.17) is 4.74 Å². The van der Waals surface area contributed by atoms with Gasteiger partial charge in [-0.2, -0.15) is 0 Å². The van der Waals surface area contributed by atoms with Crippen LogP contribution >= 0.6 is 15.9 Å². The van der Waals surface area contributed by atoms with Crippen molar-refractivity contribution in [1.82, 2.24) is 0 Å². The van der Waals surface area contributed by atoms with Crippen LogP contribution in [-0.2, 0) is 4.74 Å². The van der Waals surface area contributed by atoms with Gasteiger partial charge in [-0.05, 0) is 25.0 Å². The summed E-state index contributed by atoms with van der Waals surface area (Å²) in [5.74, 6) is -0.217. The molecule has 0 unspecified atom stereocenters. The Bertz CT molecular complexity index is 311. The van der Waals surface area contributed by atoms with Crippen LogP contribution in [0, 0.1) is 0 Å². The fourth-order valence-electron chi connectivity index (χ4n) is 1.55. The van der Waals surface area contributed by atoms with Gasteiger partial charge in [-0.15, -0.1) is 0 Å². The fourth-order valence-corrected chi connectivity index (χ4v) is 1.95. The number of unbranched alkanes of at least 4 members (excludes halogenated alkanes) is 4. The first-order valence-corrected chi connectivity index (χ1v) is 7.25. The summed E-state index contributed by atoms with van der Waals surface area (Å²) in [6, 6.07) is 9.13. The molecule has 0 bridgehead atoms. The maximum Gasteiger partial charge on any atom is 0.338 e. The molecule has 94 valence electrons. The summed E-state index contributed by atoms with van der Waals surface area (Å²) < 4.78 is 5.19. The number of hydrogen-bond donors (Lipinski definition) is 0. The van der Waals surface area contributed by atoms with Gasteiger partial charge in [-0.25, -0.2) is 4.79 Å². The molecule has 0 heterocycles. The quantitative estimate of drug-likeness (QED) is 0.409. The number of hydrogen-bond acceptors (Lipinski definition) is 2.